The molecule has 0 unspecified atom stereocenters. The van der Waals surface area contributed by atoms with E-state index in [2.05, 4.69) is 9.71 Å². The molecule has 1 aliphatic rings. The highest BCUT2D eigenvalue weighted by atomic mass is 35.5. The van der Waals surface area contributed by atoms with E-state index in [0.717, 1.165) is 0 Å². The third-order valence-electron chi connectivity index (χ3n) is 1.94. The number of nitrogens with one attached hydrogen (secondary N) is 1. The van der Waals surface area contributed by atoms with E-state index in [0.29, 0.717) is 17.2 Å². The Morgan fingerprint density at radius 2 is 2.13 bits per heavy atom. The van der Waals surface area contributed by atoms with Gasteiger partial charge in [0.05, 0.1) is 16.4 Å². The average molecular weight is 246 g/mol. The van der Waals surface area contributed by atoms with Gasteiger partial charge in [-0.1, -0.05) is 11.6 Å². The van der Waals surface area contributed by atoms with Gasteiger partial charge in [-0.15, -0.1) is 0 Å². The summed E-state index contributed by atoms with van der Waals surface area (Å²) in [6.07, 6.45) is 0. The number of anilines is 1. The molecule has 0 amide bonds. The van der Waals surface area contributed by atoms with Crippen molar-refractivity contribution >= 4 is 38.8 Å². The molecule has 3 N–H and O–H groups in total. The predicted molar refractivity (Wildman–Crippen MR) is 59.0 cm³/mol. The first kappa shape index (κ1) is 10.3. The quantitative estimate of drug-likeness (QED) is 0.675. The van der Waals surface area contributed by atoms with Gasteiger partial charge in [0.2, 0.25) is 0 Å². The van der Waals surface area contributed by atoms with Crippen molar-refractivity contribution in [1.29, 1.82) is 0 Å². The number of sulfonamides is 1. The SMILES string of the molecule is CC1=Nc2cc(N)c(Cl)cc2S(=O)(=O)N1. The van der Waals surface area contributed by atoms with Gasteiger partial charge in [-0.2, -0.15) is 0 Å². The summed E-state index contributed by atoms with van der Waals surface area (Å²) in [5.74, 6) is 0.309. The van der Waals surface area contributed by atoms with E-state index < -0.39 is 10.0 Å². The van der Waals surface area contributed by atoms with Crippen LogP contribution in [0.3, 0.4) is 0 Å². The van der Waals surface area contributed by atoms with Crippen LogP contribution < -0.4 is 10.5 Å². The van der Waals surface area contributed by atoms with Crippen molar-refractivity contribution in [3.63, 3.8) is 0 Å². The Bertz CT molecular complexity index is 565. The van der Waals surface area contributed by atoms with Gasteiger partial charge < -0.3 is 5.73 Å². The van der Waals surface area contributed by atoms with Crippen LogP contribution in [0.4, 0.5) is 11.4 Å². The molecule has 7 heteroatoms. The second-order valence-corrected chi connectivity index (χ2v) is 5.20. The van der Waals surface area contributed by atoms with Crippen molar-refractivity contribution in [3.05, 3.63) is 17.2 Å². The lowest BCUT2D eigenvalue weighted by molar-refractivity contribution is 0.591. The van der Waals surface area contributed by atoms with E-state index in [1.165, 1.54) is 12.1 Å². The van der Waals surface area contributed by atoms with Gasteiger partial charge in [0, 0.05) is 0 Å². The molecule has 1 heterocycles. The first-order chi connectivity index (χ1) is 6.90. The number of rotatable bonds is 0. The van der Waals surface area contributed by atoms with Crippen LogP contribution in [0, 0.1) is 0 Å². The number of hydrogen-bond donors (Lipinski definition) is 2. The summed E-state index contributed by atoms with van der Waals surface area (Å²) in [6, 6.07) is 2.74. The van der Waals surface area contributed by atoms with Crippen LogP contribution in [-0.4, -0.2) is 14.3 Å². The zero-order valence-electron chi connectivity index (χ0n) is 7.78. The van der Waals surface area contributed by atoms with Crippen LogP contribution in [0.25, 0.3) is 0 Å². The normalized spacial score (nSPS) is 17.6. The van der Waals surface area contributed by atoms with Crippen LogP contribution in [-0.2, 0) is 10.0 Å². The van der Waals surface area contributed by atoms with E-state index in [-0.39, 0.29) is 9.92 Å². The zero-order chi connectivity index (χ0) is 11.2. The number of benzene rings is 1. The van der Waals surface area contributed by atoms with Crippen molar-refractivity contribution in [2.45, 2.75) is 11.8 Å². The molecule has 0 radical (unpaired) electrons. The maximum Gasteiger partial charge on any atom is 0.265 e. The molecule has 2 rings (SSSR count). The van der Waals surface area contributed by atoms with Crippen molar-refractivity contribution in [1.82, 2.24) is 4.72 Å². The molecule has 80 valence electrons. The van der Waals surface area contributed by atoms with E-state index in [1.54, 1.807) is 6.92 Å². The van der Waals surface area contributed by atoms with Gasteiger partial charge in [-0.25, -0.2) is 13.4 Å². The third-order valence-corrected chi connectivity index (χ3v) is 3.74. The molecule has 1 aromatic carbocycles. The molecular weight excluding hydrogens is 238 g/mol. The predicted octanol–water partition coefficient (Wildman–Crippen LogP) is 1.26. The molecule has 5 nitrogen and oxygen atoms in total. The Hall–Kier alpha value is -1.27. The smallest absolute Gasteiger partial charge is 0.265 e. The van der Waals surface area contributed by atoms with Crippen LogP contribution in [0.2, 0.25) is 5.02 Å². The molecule has 0 aromatic heterocycles. The summed E-state index contributed by atoms with van der Waals surface area (Å²) >= 11 is 5.74. The number of nitrogen functional groups attached to an aromatic ring is 1. The molecule has 15 heavy (non-hydrogen) atoms. The molecule has 0 aliphatic carbocycles. The maximum absolute atomic E-state index is 11.7. The molecule has 0 saturated carbocycles. The summed E-state index contributed by atoms with van der Waals surface area (Å²) < 4.78 is 25.6. The van der Waals surface area contributed by atoms with Crippen LogP contribution in [0.1, 0.15) is 6.92 Å². The second-order valence-electron chi connectivity index (χ2n) is 3.14. The summed E-state index contributed by atoms with van der Waals surface area (Å²) in [5.41, 5.74) is 6.18. The minimum atomic E-state index is -3.55. The summed E-state index contributed by atoms with van der Waals surface area (Å²) in [5, 5.41) is 0.203. The second kappa shape index (κ2) is 3.11. The van der Waals surface area contributed by atoms with E-state index in [4.69, 9.17) is 17.3 Å². The molecule has 1 aromatic rings. The molecule has 0 atom stereocenters. The van der Waals surface area contributed by atoms with Gasteiger partial charge >= 0.3 is 0 Å². The van der Waals surface area contributed by atoms with Gasteiger partial charge in [-0.3, -0.25) is 4.72 Å². The highest BCUT2D eigenvalue weighted by molar-refractivity contribution is 7.90. The highest BCUT2D eigenvalue weighted by Gasteiger charge is 2.24. The van der Waals surface area contributed by atoms with Crippen LogP contribution >= 0.6 is 11.6 Å². The lowest BCUT2D eigenvalue weighted by Gasteiger charge is -2.16. The van der Waals surface area contributed by atoms with E-state index >= 15 is 0 Å². The minimum Gasteiger partial charge on any atom is -0.397 e. The minimum absolute atomic E-state index is 0.0484. The van der Waals surface area contributed by atoms with Gasteiger partial charge in [0.25, 0.3) is 10.0 Å². The monoisotopic (exact) mass is 245 g/mol. The van der Waals surface area contributed by atoms with Crippen LogP contribution in [0.15, 0.2) is 22.0 Å². The van der Waals surface area contributed by atoms with E-state index in [9.17, 15) is 8.42 Å². The summed E-state index contributed by atoms with van der Waals surface area (Å²) in [4.78, 5) is 4.08. The zero-order valence-corrected chi connectivity index (χ0v) is 9.35. The van der Waals surface area contributed by atoms with Crippen molar-refractivity contribution in [2.75, 3.05) is 5.73 Å². The van der Waals surface area contributed by atoms with Crippen LogP contribution in [0.5, 0.6) is 0 Å². The van der Waals surface area contributed by atoms with Gasteiger partial charge in [0.1, 0.15) is 10.7 Å². The molecule has 1 aliphatic heterocycles. The Balaban J connectivity index is 2.80. The topological polar surface area (TPSA) is 84.5 Å². The summed E-state index contributed by atoms with van der Waals surface area (Å²) in [6.45, 7) is 1.56. The fourth-order valence-electron chi connectivity index (χ4n) is 1.32. The van der Waals surface area contributed by atoms with Crippen molar-refractivity contribution in [3.8, 4) is 0 Å². The first-order valence-electron chi connectivity index (χ1n) is 4.07. The number of fused-ring (bicyclic) bond motifs is 1. The Kier molecular flexibility index (Phi) is 2.13. The molecule has 0 bridgehead atoms. The van der Waals surface area contributed by atoms with E-state index in [1.807, 2.05) is 0 Å². The maximum atomic E-state index is 11.7. The number of amidine groups is 1. The average Bonchev–Trinajstić information content (AvgIpc) is 2.07. The Morgan fingerprint density at radius 3 is 2.80 bits per heavy atom. The lowest BCUT2D eigenvalue weighted by atomic mass is 10.3. The molecule has 0 spiro atoms. The fourth-order valence-corrected chi connectivity index (χ4v) is 2.74. The largest absolute Gasteiger partial charge is 0.397 e. The van der Waals surface area contributed by atoms with Gasteiger partial charge in [0.15, 0.2) is 0 Å². The summed E-state index contributed by atoms with van der Waals surface area (Å²) in [7, 11) is -3.55. The Labute approximate surface area is 92.0 Å². The molecule has 0 fully saturated rings. The number of nitrogens with zero attached hydrogens (tertiary/aromatic N) is 1. The third kappa shape index (κ3) is 1.66. The number of nitrogens with two attached hydrogens (primary N) is 1. The molecular formula is C8H8ClN3O2S. The number of halogens is 1. The standard InChI is InChI=1S/C8H8ClN3O2S/c1-4-11-7-3-6(10)5(9)2-8(7)15(13,14)12-4/h2-3H,10H2,1H3,(H,11,12). The number of aliphatic imine (C=N–C) groups is 1. The van der Waals surface area contributed by atoms with Crippen molar-refractivity contribution in [2.24, 2.45) is 4.99 Å². The first-order valence-corrected chi connectivity index (χ1v) is 5.93. The highest BCUT2D eigenvalue weighted by Crippen LogP contribution is 2.34. The lowest BCUT2D eigenvalue weighted by Crippen LogP contribution is -2.31. The molecule has 0 saturated heterocycles. The fraction of sp³-hybridized carbons (Fsp3) is 0.125. The van der Waals surface area contributed by atoms with Crippen molar-refractivity contribution < 1.29 is 8.42 Å². The van der Waals surface area contributed by atoms with Gasteiger partial charge in [-0.05, 0) is 19.1 Å². The Morgan fingerprint density at radius 1 is 1.47 bits per heavy atom. The number of hydrogen-bond acceptors (Lipinski definition) is 4.